The van der Waals surface area contributed by atoms with Crippen molar-refractivity contribution in [1.82, 2.24) is 0 Å². The second-order valence-corrected chi connectivity index (χ2v) is 2.16. The Balaban J connectivity index is 3.24. The first-order chi connectivity index (χ1) is 5.69. The molecule has 0 heterocycles. The fraction of sp³-hybridized carbons (Fsp3) is 0.250. The maximum Gasteiger partial charge on any atom is 0.203 e. The van der Waals surface area contributed by atoms with Gasteiger partial charge < -0.3 is 14.6 Å². The molecule has 0 bridgehead atoms. The summed E-state index contributed by atoms with van der Waals surface area (Å²) in [6, 6.07) is 2.10. The second-order valence-electron chi connectivity index (χ2n) is 2.16. The van der Waals surface area contributed by atoms with Crippen molar-refractivity contribution >= 4 is 0 Å². The first-order valence-corrected chi connectivity index (χ1v) is 3.29. The van der Waals surface area contributed by atoms with E-state index in [-0.39, 0.29) is 17.2 Å². The number of aromatic hydroxyl groups is 1. The maximum absolute atomic E-state index is 12.6. The fourth-order valence-electron chi connectivity index (χ4n) is 0.912. The van der Waals surface area contributed by atoms with E-state index in [2.05, 4.69) is 0 Å². The molecule has 0 aliphatic heterocycles. The minimum Gasteiger partial charge on any atom is -0.504 e. The van der Waals surface area contributed by atoms with Gasteiger partial charge in [0.05, 0.1) is 14.2 Å². The highest BCUT2D eigenvalue weighted by molar-refractivity contribution is 5.50. The molecule has 1 aromatic rings. The Morgan fingerprint density at radius 3 is 2.42 bits per heavy atom. The van der Waals surface area contributed by atoms with E-state index >= 15 is 0 Å². The van der Waals surface area contributed by atoms with Gasteiger partial charge in [-0.15, -0.1) is 0 Å². The standard InChI is InChI=1S/C8H9FO3/c1-11-7-4-5(9)3-6(10)8(7)12-2/h3-4,10H,1-2H3. The average molecular weight is 172 g/mol. The monoisotopic (exact) mass is 172 g/mol. The van der Waals surface area contributed by atoms with Gasteiger partial charge >= 0.3 is 0 Å². The van der Waals surface area contributed by atoms with Gasteiger partial charge in [0, 0.05) is 12.1 Å². The number of hydrogen-bond acceptors (Lipinski definition) is 3. The third-order valence-corrected chi connectivity index (χ3v) is 1.42. The average Bonchev–Trinajstić information content (AvgIpc) is 2.03. The van der Waals surface area contributed by atoms with Crippen LogP contribution in [0.2, 0.25) is 0 Å². The van der Waals surface area contributed by atoms with Crippen molar-refractivity contribution in [3.63, 3.8) is 0 Å². The Morgan fingerprint density at radius 1 is 1.25 bits per heavy atom. The van der Waals surface area contributed by atoms with Gasteiger partial charge in [-0.2, -0.15) is 0 Å². The number of ether oxygens (including phenoxy) is 2. The van der Waals surface area contributed by atoms with Gasteiger partial charge in [0.15, 0.2) is 11.5 Å². The molecule has 0 aliphatic carbocycles. The molecule has 0 fully saturated rings. The highest BCUT2D eigenvalue weighted by atomic mass is 19.1. The third kappa shape index (κ3) is 1.42. The van der Waals surface area contributed by atoms with Crippen molar-refractivity contribution in [3.8, 4) is 17.2 Å². The predicted molar refractivity (Wildman–Crippen MR) is 41.2 cm³/mol. The summed E-state index contributed by atoms with van der Waals surface area (Å²) in [6.07, 6.45) is 0. The summed E-state index contributed by atoms with van der Waals surface area (Å²) in [4.78, 5) is 0. The summed E-state index contributed by atoms with van der Waals surface area (Å²) >= 11 is 0. The molecule has 0 atom stereocenters. The van der Waals surface area contributed by atoms with Crippen molar-refractivity contribution < 1.29 is 19.0 Å². The largest absolute Gasteiger partial charge is 0.504 e. The number of phenolic OH excluding ortho intramolecular Hbond substituents is 1. The third-order valence-electron chi connectivity index (χ3n) is 1.42. The molecule has 3 nitrogen and oxygen atoms in total. The van der Waals surface area contributed by atoms with Crippen LogP contribution in [0.4, 0.5) is 4.39 Å². The molecule has 0 unspecified atom stereocenters. The summed E-state index contributed by atoms with van der Waals surface area (Å²) in [7, 11) is 2.74. The molecule has 1 aromatic carbocycles. The minimum absolute atomic E-state index is 0.138. The smallest absolute Gasteiger partial charge is 0.203 e. The predicted octanol–water partition coefficient (Wildman–Crippen LogP) is 1.55. The lowest BCUT2D eigenvalue weighted by Gasteiger charge is -2.08. The zero-order valence-corrected chi connectivity index (χ0v) is 6.80. The van der Waals surface area contributed by atoms with E-state index in [0.29, 0.717) is 0 Å². The normalized spacial score (nSPS) is 9.58. The molecule has 0 aliphatic rings. The molecule has 0 radical (unpaired) electrons. The number of hydrogen-bond donors (Lipinski definition) is 1. The minimum atomic E-state index is -0.565. The van der Waals surface area contributed by atoms with Crippen LogP contribution in [0.1, 0.15) is 0 Å². The summed E-state index contributed by atoms with van der Waals surface area (Å²) < 4.78 is 22.2. The van der Waals surface area contributed by atoms with Crippen molar-refractivity contribution in [2.24, 2.45) is 0 Å². The van der Waals surface area contributed by atoms with Gasteiger partial charge in [0.25, 0.3) is 0 Å². The molecule has 0 saturated heterocycles. The lowest BCUT2D eigenvalue weighted by atomic mass is 10.3. The summed E-state index contributed by atoms with van der Waals surface area (Å²) in [5.74, 6) is -0.520. The number of methoxy groups -OCH3 is 2. The first-order valence-electron chi connectivity index (χ1n) is 3.29. The van der Waals surface area contributed by atoms with Gasteiger partial charge in [-0.3, -0.25) is 0 Å². The van der Waals surface area contributed by atoms with Gasteiger partial charge in [0.2, 0.25) is 5.75 Å². The quantitative estimate of drug-likeness (QED) is 0.735. The van der Waals surface area contributed by atoms with E-state index in [1.54, 1.807) is 0 Å². The van der Waals surface area contributed by atoms with Crippen molar-refractivity contribution in [2.45, 2.75) is 0 Å². The molecule has 0 aromatic heterocycles. The Kier molecular flexibility index (Phi) is 2.38. The lowest BCUT2D eigenvalue weighted by molar-refractivity contribution is 0.330. The van der Waals surface area contributed by atoms with E-state index in [0.717, 1.165) is 12.1 Å². The van der Waals surface area contributed by atoms with Crippen LogP contribution in [0.5, 0.6) is 17.2 Å². The number of rotatable bonds is 2. The molecular weight excluding hydrogens is 163 g/mol. The molecule has 0 amide bonds. The molecule has 12 heavy (non-hydrogen) atoms. The Labute approximate surface area is 69.3 Å². The molecule has 1 N–H and O–H groups in total. The molecule has 0 spiro atoms. The molecular formula is C8H9FO3. The Bertz CT molecular complexity index is 286. The van der Waals surface area contributed by atoms with Crippen LogP contribution < -0.4 is 9.47 Å². The summed E-state index contributed by atoms with van der Waals surface area (Å²) in [5, 5.41) is 9.16. The van der Waals surface area contributed by atoms with Crippen LogP contribution in [0.15, 0.2) is 12.1 Å². The first kappa shape index (κ1) is 8.64. The molecule has 4 heteroatoms. The van der Waals surface area contributed by atoms with Gasteiger partial charge in [-0.05, 0) is 0 Å². The van der Waals surface area contributed by atoms with Crippen molar-refractivity contribution in [2.75, 3.05) is 14.2 Å². The zero-order valence-electron chi connectivity index (χ0n) is 6.80. The van der Waals surface area contributed by atoms with Gasteiger partial charge in [-0.1, -0.05) is 0 Å². The van der Waals surface area contributed by atoms with Crippen LogP contribution in [0, 0.1) is 5.82 Å². The van der Waals surface area contributed by atoms with Gasteiger partial charge in [-0.25, -0.2) is 4.39 Å². The fourth-order valence-corrected chi connectivity index (χ4v) is 0.912. The lowest BCUT2D eigenvalue weighted by Crippen LogP contribution is -1.91. The Morgan fingerprint density at radius 2 is 1.92 bits per heavy atom. The topological polar surface area (TPSA) is 38.7 Å². The van der Waals surface area contributed by atoms with Crippen molar-refractivity contribution in [3.05, 3.63) is 17.9 Å². The zero-order chi connectivity index (χ0) is 9.14. The summed E-state index contributed by atoms with van der Waals surface area (Å²) in [6.45, 7) is 0. The van der Waals surface area contributed by atoms with Crippen LogP contribution >= 0.6 is 0 Å². The van der Waals surface area contributed by atoms with E-state index < -0.39 is 5.82 Å². The highest BCUT2D eigenvalue weighted by Crippen LogP contribution is 2.36. The molecule has 0 saturated carbocycles. The Hall–Kier alpha value is -1.45. The SMILES string of the molecule is COc1cc(F)cc(O)c1OC. The number of halogens is 1. The van der Waals surface area contributed by atoms with E-state index in [9.17, 15) is 4.39 Å². The molecule has 1 rings (SSSR count). The van der Waals surface area contributed by atoms with E-state index in [1.165, 1.54) is 14.2 Å². The van der Waals surface area contributed by atoms with Crippen LogP contribution in [-0.2, 0) is 0 Å². The maximum atomic E-state index is 12.6. The summed E-state index contributed by atoms with van der Waals surface area (Å²) in [5.41, 5.74) is 0. The number of phenols is 1. The molecule has 66 valence electrons. The van der Waals surface area contributed by atoms with E-state index in [1.807, 2.05) is 0 Å². The van der Waals surface area contributed by atoms with Gasteiger partial charge in [0.1, 0.15) is 5.82 Å². The van der Waals surface area contributed by atoms with Crippen LogP contribution in [0.25, 0.3) is 0 Å². The van der Waals surface area contributed by atoms with Crippen LogP contribution in [0.3, 0.4) is 0 Å². The number of benzene rings is 1. The van der Waals surface area contributed by atoms with Crippen molar-refractivity contribution in [1.29, 1.82) is 0 Å². The highest BCUT2D eigenvalue weighted by Gasteiger charge is 2.10. The van der Waals surface area contributed by atoms with Crippen LogP contribution in [-0.4, -0.2) is 19.3 Å². The van der Waals surface area contributed by atoms with E-state index in [4.69, 9.17) is 14.6 Å². The second kappa shape index (κ2) is 3.30.